The van der Waals surface area contributed by atoms with Gasteiger partial charge in [0.15, 0.2) is 0 Å². The number of hydrogen-bond donors (Lipinski definition) is 0. The summed E-state index contributed by atoms with van der Waals surface area (Å²) in [5.74, 6) is 2.17. The lowest BCUT2D eigenvalue weighted by molar-refractivity contribution is 0.0310. The SMILES string of the molecule is CSCCCCCOc1coc(CN2CCOCC2)cc1=O. The van der Waals surface area contributed by atoms with E-state index in [1.165, 1.54) is 18.4 Å². The summed E-state index contributed by atoms with van der Waals surface area (Å²) in [6.45, 7) is 4.44. The summed E-state index contributed by atoms with van der Waals surface area (Å²) in [4.78, 5) is 14.2. The molecule has 1 aromatic heterocycles. The first kappa shape index (κ1) is 17.4. The number of ether oxygens (including phenoxy) is 2. The Kier molecular flexibility index (Phi) is 7.83. The third kappa shape index (κ3) is 6.02. The second kappa shape index (κ2) is 9.92. The molecule has 6 heteroatoms. The van der Waals surface area contributed by atoms with Crippen molar-refractivity contribution in [2.45, 2.75) is 25.8 Å². The van der Waals surface area contributed by atoms with Gasteiger partial charge in [-0.25, -0.2) is 0 Å². The minimum Gasteiger partial charge on any atom is -0.487 e. The minimum atomic E-state index is -0.0985. The van der Waals surface area contributed by atoms with E-state index in [0.717, 1.165) is 39.1 Å². The Labute approximate surface area is 136 Å². The van der Waals surface area contributed by atoms with Crippen LogP contribution in [0, 0.1) is 0 Å². The lowest BCUT2D eigenvalue weighted by Gasteiger charge is -2.25. The number of nitrogens with zero attached hydrogens (tertiary/aromatic N) is 1. The molecule has 2 rings (SSSR count). The van der Waals surface area contributed by atoms with Crippen molar-refractivity contribution in [1.29, 1.82) is 0 Å². The molecule has 5 nitrogen and oxygen atoms in total. The van der Waals surface area contributed by atoms with Crippen molar-refractivity contribution in [3.8, 4) is 5.75 Å². The maximum atomic E-state index is 12.0. The largest absolute Gasteiger partial charge is 0.487 e. The van der Waals surface area contributed by atoms with E-state index in [1.807, 2.05) is 11.8 Å². The lowest BCUT2D eigenvalue weighted by atomic mass is 10.3. The van der Waals surface area contributed by atoms with Crippen LogP contribution in [-0.4, -0.2) is 49.8 Å². The molecule has 1 fully saturated rings. The average Bonchev–Trinajstić information content (AvgIpc) is 2.53. The summed E-state index contributed by atoms with van der Waals surface area (Å²) in [7, 11) is 0. The second-order valence-electron chi connectivity index (χ2n) is 5.37. The molecule has 1 saturated heterocycles. The van der Waals surface area contributed by atoms with Gasteiger partial charge in [0.2, 0.25) is 11.2 Å². The van der Waals surface area contributed by atoms with Crippen molar-refractivity contribution in [2.24, 2.45) is 0 Å². The van der Waals surface area contributed by atoms with E-state index < -0.39 is 0 Å². The van der Waals surface area contributed by atoms with Crippen LogP contribution >= 0.6 is 11.8 Å². The number of thioether (sulfide) groups is 1. The Morgan fingerprint density at radius 2 is 2.09 bits per heavy atom. The molecule has 1 aromatic rings. The summed E-state index contributed by atoms with van der Waals surface area (Å²) in [6, 6.07) is 1.54. The number of rotatable bonds is 9. The van der Waals surface area contributed by atoms with Crippen molar-refractivity contribution in [2.75, 3.05) is 44.9 Å². The zero-order valence-electron chi connectivity index (χ0n) is 13.2. The summed E-state index contributed by atoms with van der Waals surface area (Å²) >= 11 is 1.86. The van der Waals surface area contributed by atoms with Crippen molar-refractivity contribution in [3.63, 3.8) is 0 Å². The zero-order chi connectivity index (χ0) is 15.6. The maximum absolute atomic E-state index is 12.0. The van der Waals surface area contributed by atoms with Crippen molar-refractivity contribution in [3.05, 3.63) is 28.3 Å². The first-order chi connectivity index (χ1) is 10.8. The highest BCUT2D eigenvalue weighted by Crippen LogP contribution is 2.10. The molecule has 0 aromatic carbocycles. The molecule has 1 aliphatic heterocycles. The first-order valence-electron chi connectivity index (χ1n) is 7.83. The Balaban J connectivity index is 1.75. The van der Waals surface area contributed by atoms with Gasteiger partial charge in [-0.15, -0.1) is 0 Å². The maximum Gasteiger partial charge on any atom is 0.227 e. The fourth-order valence-electron chi connectivity index (χ4n) is 2.31. The number of morpholine rings is 1. The monoisotopic (exact) mass is 327 g/mol. The van der Waals surface area contributed by atoms with Crippen LogP contribution < -0.4 is 10.2 Å². The van der Waals surface area contributed by atoms with Gasteiger partial charge in [-0.1, -0.05) is 0 Å². The van der Waals surface area contributed by atoms with Crippen molar-refractivity contribution >= 4 is 11.8 Å². The Hall–Kier alpha value is -0.980. The predicted molar refractivity (Wildman–Crippen MR) is 88.8 cm³/mol. The lowest BCUT2D eigenvalue weighted by Crippen LogP contribution is -2.35. The van der Waals surface area contributed by atoms with Crippen LogP contribution in [0.15, 0.2) is 21.5 Å². The van der Waals surface area contributed by atoms with Gasteiger partial charge in [0.1, 0.15) is 12.0 Å². The highest BCUT2D eigenvalue weighted by Gasteiger charge is 2.13. The summed E-state index contributed by atoms with van der Waals surface area (Å²) in [5, 5.41) is 0. The number of hydrogen-bond acceptors (Lipinski definition) is 6. The van der Waals surface area contributed by atoms with Crippen LogP contribution in [0.5, 0.6) is 5.75 Å². The minimum absolute atomic E-state index is 0.0985. The molecule has 0 amide bonds. The summed E-state index contributed by atoms with van der Waals surface area (Å²) in [6.07, 6.45) is 6.84. The first-order valence-corrected chi connectivity index (χ1v) is 9.22. The molecule has 0 atom stereocenters. The molecule has 0 saturated carbocycles. The summed E-state index contributed by atoms with van der Waals surface area (Å²) < 4.78 is 16.3. The van der Waals surface area contributed by atoms with Gasteiger partial charge in [-0.2, -0.15) is 11.8 Å². The predicted octanol–water partition coefficient (Wildman–Crippen LogP) is 2.38. The fourth-order valence-corrected chi connectivity index (χ4v) is 2.81. The molecule has 0 unspecified atom stereocenters. The van der Waals surface area contributed by atoms with Gasteiger partial charge in [0, 0.05) is 19.2 Å². The molecule has 0 N–H and O–H groups in total. The van der Waals surface area contributed by atoms with E-state index in [0.29, 0.717) is 24.7 Å². The van der Waals surface area contributed by atoms with Crippen LogP contribution in [0.4, 0.5) is 0 Å². The highest BCUT2D eigenvalue weighted by atomic mass is 32.2. The zero-order valence-corrected chi connectivity index (χ0v) is 14.0. The van der Waals surface area contributed by atoms with E-state index in [2.05, 4.69) is 11.2 Å². The summed E-state index contributed by atoms with van der Waals surface area (Å²) in [5.41, 5.74) is -0.0985. The third-order valence-corrected chi connectivity index (χ3v) is 4.28. The van der Waals surface area contributed by atoms with Gasteiger partial charge in [0.25, 0.3) is 0 Å². The van der Waals surface area contributed by atoms with Crippen molar-refractivity contribution in [1.82, 2.24) is 4.90 Å². The quantitative estimate of drug-likeness (QED) is 0.649. The van der Waals surface area contributed by atoms with Crippen LogP contribution in [-0.2, 0) is 11.3 Å². The molecule has 0 spiro atoms. The van der Waals surface area contributed by atoms with Gasteiger partial charge in [-0.3, -0.25) is 9.69 Å². The smallest absolute Gasteiger partial charge is 0.227 e. The third-order valence-electron chi connectivity index (χ3n) is 3.59. The molecular formula is C16H25NO4S. The van der Waals surface area contributed by atoms with Gasteiger partial charge >= 0.3 is 0 Å². The molecule has 1 aliphatic rings. The van der Waals surface area contributed by atoms with Crippen molar-refractivity contribution < 1.29 is 13.9 Å². The molecule has 124 valence electrons. The standard InChI is InChI=1S/C16H25NO4S/c1-22-10-4-2-3-7-20-16-13-21-14(11-15(16)18)12-17-5-8-19-9-6-17/h11,13H,2-10,12H2,1H3. The Morgan fingerprint density at radius 1 is 1.27 bits per heavy atom. The van der Waals surface area contributed by atoms with E-state index in [4.69, 9.17) is 13.9 Å². The van der Waals surface area contributed by atoms with Crippen LogP contribution in [0.25, 0.3) is 0 Å². The van der Waals surface area contributed by atoms with Crippen LogP contribution in [0.1, 0.15) is 25.0 Å². The van der Waals surface area contributed by atoms with Crippen LogP contribution in [0.3, 0.4) is 0 Å². The molecule has 2 heterocycles. The van der Waals surface area contributed by atoms with E-state index in [1.54, 1.807) is 6.07 Å². The second-order valence-corrected chi connectivity index (χ2v) is 6.35. The number of unbranched alkanes of at least 4 members (excludes halogenated alkanes) is 2. The van der Waals surface area contributed by atoms with E-state index in [9.17, 15) is 4.79 Å². The Morgan fingerprint density at radius 3 is 2.82 bits per heavy atom. The average molecular weight is 327 g/mol. The normalized spacial score (nSPS) is 15.9. The highest BCUT2D eigenvalue weighted by molar-refractivity contribution is 7.98. The van der Waals surface area contributed by atoms with Crippen LogP contribution in [0.2, 0.25) is 0 Å². The van der Waals surface area contributed by atoms with Gasteiger partial charge in [0.05, 0.1) is 26.4 Å². The Bertz CT molecular complexity index is 485. The molecule has 22 heavy (non-hydrogen) atoms. The van der Waals surface area contributed by atoms with Gasteiger partial charge in [-0.05, 0) is 31.3 Å². The van der Waals surface area contributed by atoms with Gasteiger partial charge < -0.3 is 13.9 Å². The molecule has 0 radical (unpaired) electrons. The molecular weight excluding hydrogens is 302 g/mol. The molecule has 0 aliphatic carbocycles. The fraction of sp³-hybridized carbons (Fsp3) is 0.688. The topological polar surface area (TPSA) is 51.9 Å². The molecule has 0 bridgehead atoms. The van der Waals surface area contributed by atoms with E-state index >= 15 is 0 Å². The van der Waals surface area contributed by atoms with E-state index in [-0.39, 0.29) is 5.43 Å².